The second-order valence-corrected chi connectivity index (χ2v) is 3.08. The molecule has 5 nitrogen and oxygen atoms in total. The van der Waals surface area contributed by atoms with Gasteiger partial charge < -0.3 is 9.47 Å². The topological polar surface area (TPSA) is 56.8 Å². The molecular weight excluding hydrogens is 210 g/mol. The summed E-state index contributed by atoms with van der Waals surface area (Å²) in [6.45, 7) is 0. The Kier molecular flexibility index (Phi) is 4.60. The van der Waals surface area contributed by atoms with Gasteiger partial charge in [0, 0.05) is 5.56 Å². The molecule has 1 amide bonds. The summed E-state index contributed by atoms with van der Waals surface area (Å²) in [4.78, 5) is 15.9. The van der Waals surface area contributed by atoms with Crippen LogP contribution in [0.15, 0.2) is 18.2 Å². The summed E-state index contributed by atoms with van der Waals surface area (Å²) >= 11 is 0. The van der Waals surface area contributed by atoms with E-state index in [1.807, 2.05) is 0 Å². The van der Waals surface area contributed by atoms with Crippen molar-refractivity contribution in [3.8, 4) is 11.5 Å². The first-order valence-electron chi connectivity index (χ1n) is 4.74. The first kappa shape index (κ1) is 12.3. The monoisotopic (exact) mass is 225 g/mol. The zero-order chi connectivity index (χ0) is 12.0. The minimum absolute atomic E-state index is 0.175. The third kappa shape index (κ3) is 3.13. The molecule has 88 valence electrons. The summed E-state index contributed by atoms with van der Waals surface area (Å²) in [6.07, 6.45) is 0.175. The highest BCUT2D eigenvalue weighted by atomic mass is 16.6. The molecule has 0 aliphatic rings. The van der Waals surface area contributed by atoms with Gasteiger partial charge in [-0.15, -0.1) is 0 Å². The summed E-state index contributed by atoms with van der Waals surface area (Å²) in [5, 5.41) is 0. The van der Waals surface area contributed by atoms with Crippen LogP contribution in [0.25, 0.3) is 0 Å². The normalized spacial score (nSPS) is 9.69. The second kappa shape index (κ2) is 5.97. The van der Waals surface area contributed by atoms with Crippen molar-refractivity contribution >= 4 is 5.91 Å². The Morgan fingerprint density at radius 3 is 2.56 bits per heavy atom. The number of hydrogen-bond acceptors (Lipinski definition) is 4. The van der Waals surface area contributed by atoms with Gasteiger partial charge in [-0.1, -0.05) is 0 Å². The lowest BCUT2D eigenvalue weighted by Gasteiger charge is -2.09. The van der Waals surface area contributed by atoms with Crippen molar-refractivity contribution in [2.75, 3.05) is 21.3 Å². The van der Waals surface area contributed by atoms with Crippen LogP contribution in [-0.2, 0) is 16.1 Å². The Morgan fingerprint density at radius 1 is 1.25 bits per heavy atom. The van der Waals surface area contributed by atoms with E-state index in [4.69, 9.17) is 9.47 Å². The Balaban J connectivity index is 2.86. The first-order chi connectivity index (χ1) is 7.71. The Morgan fingerprint density at radius 2 is 2.00 bits per heavy atom. The van der Waals surface area contributed by atoms with Gasteiger partial charge in [-0.3, -0.25) is 9.63 Å². The van der Waals surface area contributed by atoms with Crippen molar-refractivity contribution in [1.82, 2.24) is 5.48 Å². The zero-order valence-corrected chi connectivity index (χ0v) is 9.57. The second-order valence-electron chi connectivity index (χ2n) is 3.08. The minimum atomic E-state index is -0.242. The molecule has 0 saturated heterocycles. The maximum absolute atomic E-state index is 11.3. The zero-order valence-electron chi connectivity index (χ0n) is 9.57. The molecule has 0 bridgehead atoms. The van der Waals surface area contributed by atoms with Crippen LogP contribution in [0.3, 0.4) is 0 Å². The fraction of sp³-hybridized carbons (Fsp3) is 0.364. The molecule has 1 aromatic carbocycles. The van der Waals surface area contributed by atoms with Gasteiger partial charge in [-0.2, -0.15) is 0 Å². The van der Waals surface area contributed by atoms with Crippen LogP contribution in [0.5, 0.6) is 11.5 Å². The fourth-order valence-corrected chi connectivity index (χ4v) is 1.34. The fourth-order valence-electron chi connectivity index (χ4n) is 1.34. The van der Waals surface area contributed by atoms with E-state index in [-0.39, 0.29) is 12.3 Å². The average Bonchev–Trinajstić information content (AvgIpc) is 2.29. The van der Waals surface area contributed by atoms with Crippen LogP contribution >= 0.6 is 0 Å². The molecule has 0 aromatic heterocycles. The van der Waals surface area contributed by atoms with Gasteiger partial charge >= 0.3 is 0 Å². The van der Waals surface area contributed by atoms with Crippen molar-refractivity contribution in [1.29, 1.82) is 0 Å². The van der Waals surface area contributed by atoms with E-state index in [9.17, 15) is 4.79 Å². The summed E-state index contributed by atoms with van der Waals surface area (Å²) in [5.74, 6) is 1.09. The quantitative estimate of drug-likeness (QED) is 0.757. The number of ether oxygens (including phenoxy) is 2. The minimum Gasteiger partial charge on any atom is -0.497 e. The van der Waals surface area contributed by atoms with Gasteiger partial charge in [0.15, 0.2) is 0 Å². The van der Waals surface area contributed by atoms with E-state index >= 15 is 0 Å². The number of hydrogen-bond donors (Lipinski definition) is 1. The highest BCUT2D eigenvalue weighted by Crippen LogP contribution is 2.24. The van der Waals surface area contributed by atoms with Crippen molar-refractivity contribution in [2.45, 2.75) is 6.42 Å². The molecule has 1 rings (SSSR count). The third-order valence-corrected chi connectivity index (χ3v) is 2.05. The number of methoxy groups -OCH3 is 2. The van der Waals surface area contributed by atoms with Gasteiger partial charge in [0.2, 0.25) is 5.91 Å². The first-order valence-corrected chi connectivity index (χ1v) is 4.74. The summed E-state index contributed by atoms with van der Waals surface area (Å²) in [5.41, 5.74) is 2.99. The van der Waals surface area contributed by atoms with Crippen molar-refractivity contribution < 1.29 is 19.1 Å². The lowest BCUT2D eigenvalue weighted by Crippen LogP contribution is -2.23. The van der Waals surface area contributed by atoms with E-state index in [1.54, 1.807) is 32.4 Å². The number of carbonyl (C=O) groups excluding carboxylic acids is 1. The number of hydroxylamine groups is 1. The maximum Gasteiger partial charge on any atom is 0.248 e. The summed E-state index contributed by atoms with van der Waals surface area (Å²) < 4.78 is 10.2. The molecule has 5 heteroatoms. The molecule has 0 fully saturated rings. The van der Waals surface area contributed by atoms with E-state index in [2.05, 4.69) is 10.3 Å². The summed E-state index contributed by atoms with van der Waals surface area (Å²) in [6, 6.07) is 5.29. The van der Waals surface area contributed by atoms with Crippen molar-refractivity contribution in [3.05, 3.63) is 23.8 Å². The van der Waals surface area contributed by atoms with E-state index < -0.39 is 0 Å². The Hall–Kier alpha value is -1.75. The number of amides is 1. The SMILES string of the molecule is CONC(=O)Cc1cc(OC)ccc1OC. The van der Waals surface area contributed by atoms with Crippen LogP contribution in [0.1, 0.15) is 5.56 Å². The lowest BCUT2D eigenvalue weighted by atomic mass is 10.1. The average molecular weight is 225 g/mol. The standard InChI is InChI=1S/C11H15NO4/c1-14-9-4-5-10(15-2)8(6-9)7-11(13)12-16-3/h4-6H,7H2,1-3H3,(H,12,13). The highest BCUT2D eigenvalue weighted by Gasteiger charge is 2.09. The predicted molar refractivity (Wildman–Crippen MR) is 58.4 cm³/mol. The molecule has 0 atom stereocenters. The van der Waals surface area contributed by atoms with Crippen LogP contribution in [-0.4, -0.2) is 27.2 Å². The van der Waals surface area contributed by atoms with Crippen LogP contribution in [0, 0.1) is 0 Å². The number of carbonyl (C=O) groups is 1. The van der Waals surface area contributed by atoms with E-state index in [1.165, 1.54) is 7.11 Å². The largest absolute Gasteiger partial charge is 0.497 e. The molecule has 1 aromatic rings. The molecule has 0 unspecified atom stereocenters. The highest BCUT2D eigenvalue weighted by molar-refractivity contribution is 5.78. The molecule has 0 radical (unpaired) electrons. The van der Waals surface area contributed by atoms with Gasteiger partial charge in [0.1, 0.15) is 11.5 Å². The number of benzene rings is 1. The molecule has 0 spiro atoms. The van der Waals surface area contributed by atoms with Gasteiger partial charge in [-0.05, 0) is 18.2 Å². The molecule has 0 saturated carbocycles. The van der Waals surface area contributed by atoms with Crippen LogP contribution in [0.4, 0.5) is 0 Å². The Bertz CT molecular complexity index is 365. The molecule has 0 aliphatic carbocycles. The van der Waals surface area contributed by atoms with Gasteiger partial charge in [0.25, 0.3) is 0 Å². The number of nitrogens with one attached hydrogen (secondary N) is 1. The predicted octanol–water partition coefficient (Wildman–Crippen LogP) is 0.924. The van der Waals surface area contributed by atoms with Gasteiger partial charge in [-0.25, -0.2) is 5.48 Å². The lowest BCUT2D eigenvalue weighted by molar-refractivity contribution is -0.130. The van der Waals surface area contributed by atoms with Crippen LogP contribution < -0.4 is 15.0 Å². The molecule has 16 heavy (non-hydrogen) atoms. The Labute approximate surface area is 94.3 Å². The van der Waals surface area contributed by atoms with Crippen molar-refractivity contribution in [3.63, 3.8) is 0 Å². The molecule has 0 aliphatic heterocycles. The van der Waals surface area contributed by atoms with E-state index in [0.29, 0.717) is 11.5 Å². The molecule has 0 heterocycles. The summed E-state index contributed by atoms with van der Waals surface area (Å²) in [7, 11) is 4.51. The third-order valence-electron chi connectivity index (χ3n) is 2.05. The maximum atomic E-state index is 11.3. The van der Waals surface area contributed by atoms with Crippen molar-refractivity contribution in [2.24, 2.45) is 0 Å². The van der Waals surface area contributed by atoms with Crippen LogP contribution in [0.2, 0.25) is 0 Å². The molecular formula is C11H15NO4. The van der Waals surface area contributed by atoms with E-state index in [0.717, 1.165) is 5.56 Å². The molecule has 1 N–H and O–H groups in total. The number of rotatable bonds is 5. The smallest absolute Gasteiger partial charge is 0.248 e. The van der Waals surface area contributed by atoms with Gasteiger partial charge in [0.05, 0.1) is 27.8 Å².